The molecule has 0 atom stereocenters. The van der Waals surface area contributed by atoms with E-state index in [4.69, 9.17) is 4.74 Å². The molecule has 0 N–H and O–H groups in total. The van der Waals surface area contributed by atoms with Crippen LogP contribution in [-0.2, 0) is 22.6 Å². The number of benzene rings is 2. The Balaban J connectivity index is 1.80. The van der Waals surface area contributed by atoms with Gasteiger partial charge in [0.2, 0.25) is 5.91 Å². The second-order valence-corrected chi connectivity index (χ2v) is 6.65. The molecule has 1 aromatic heterocycles. The van der Waals surface area contributed by atoms with Crippen LogP contribution in [0, 0.1) is 0 Å². The van der Waals surface area contributed by atoms with Crippen LogP contribution >= 0.6 is 11.3 Å². The Morgan fingerprint density at radius 2 is 1.88 bits per heavy atom. The van der Waals surface area contributed by atoms with E-state index < -0.39 is 0 Å². The molecule has 0 saturated heterocycles. The monoisotopic (exact) mass is 352 g/mol. The molecule has 0 fully saturated rings. The van der Waals surface area contributed by atoms with Crippen LogP contribution in [0.1, 0.15) is 10.6 Å². The Morgan fingerprint density at radius 1 is 1.08 bits per heavy atom. The molecule has 128 valence electrons. The van der Waals surface area contributed by atoms with Gasteiger partial charge in [0, 0.05) is 25.2 Å². The highest BCUT2D eigenvalue weighted by molar-refractivity contribution is 7.09. The molecule has 1 heterocycles. The summed E-state index contributed by atoms with van der Waals surface area (Å²) in [6.07, 6.45) is 1.76. The van der Waals surface area contributed by atoms with Gasteiger partial charge in [0.05, 0.1) is 6.54 Å². The van der Waals surface area contributed by atoms with E-state index >= 15 is 0 Å². The summed E-state index contributed by atoms with van der Waals surface area (Å²) >= 11 is 1.55. The summed E-state index contributed by atoms with van der Waals surface area (Å²) in [6, 6.07) is 18.5. The van der Waals surface area contributed by atoms with Crippen LogP contribution in [0.2, 0.25) is 0 Å². The maximum Gasteiger partial charge on any atom is 0.249 e. The lowest BCUT2D eigenvalue weighted by Crippen LogP contribution is -2.32. The highest BCUT2D eigenvalue weighted by Crippen LogP contribution is 2.21. The van der Waals surface area contributed by atoms with Crippen molar-refractivity contribution in [1.29, 1.82) is 0 Å². The molecule has 3 rings (SSSR count). The molecular weight excluding hydrogens is 332 g/mol. The summed E-state index contributed by atoms with van der Waals surface area (Å²) in [7, 11) is 1.54. The minimum absolute atomic E-state index is 0.0391. The molecule has 0 bridgehead atoms. The molecule has 0 aliphatic carbocycles. The zero-order chi connectivity index (χ0) is 17.5. The highest BCUT2D eigenvalue weighted by atomic mass is 32.1. The Bertz CT molecular complexity index is 804. The van der Waals surface area contributed by atoms with Gasteiger partial charge in [-0.1, -0.05) is 48.5 Å². The summed E-state index contributed by atoms with van der Waals surface area (Å²) in [5.41, 5.74) is 3.40. The number of hydrogen-bond donors (Lipinski definition) is 0. The van der Waals surface area contributed by atoms with Crippen LogP contribution < -0.4 is 0 Å². The number of carbonyl (C=O) groups is 1. The molecule has 5 heteroatoms. The van der Waals surface area contributed by atoms with E-state index in [-0.39, 0.29) is 12.5 Å². The number of carbonyl (C=O) groups excluding carboxylic acids is 1. The number of ether oxygens (including phenoxy) is 1. The Labute approximate surface area is 151 Å². The maximum atomic E-state index is 12.4. The largest absolute Gasteiger partial charge is 0.375 e. The third kappa shape index (κ3) is 4.75. The van der Waals surface area contributed by atoms with Crippen molar-refractivity contribution >= 4 is 17.2 Å². The zero-order valence-corrected chi connectivity index (χ0v) is 14.9. The SMILES string of the molecule is COCC(=O)N(Cc1cccc(-c2ccccc2)c1)Cc1nccs1. The number of rotatable bonds is 7. The first-order valence-corrected chi connectivity index (χ1v) is 8.93. The van der Waals surface area contributed by atoms with Crippen molar-refractivity contribution in [3.8, 4) is 11.1 Å². The van der Waals surface area contributed by atoms with Gasteiger partial charge in [-0.3, -0.25) is 4.79 Å². The first-order valence-electron chi connectivity index (χ1n) is 8.05. The number of hydrogen-bond acceptors (Lipinski definition) is 4. The molecule has 0 radical (unpaired) electrons. The first kappa shape index (κ1) is 17.3. The van der Waals surface area contributed by atoms with E-state index in [1.54, 1.807) is 22.4 Å². The molecule has 3 aromatic rings. The van der Waals surface area contributed by atoms with Crippen LogP contribution in [0.25, 0.3) is 11.1 Å². The number of methoxy groups -OCH3 is 1. The van der Waals surface area contributed by atoms with E-state index in [1.165, 1.54) is 12.7 Å². The van der Waals surface area contributed by atoms with E-state index in [1.807, 2.05) is 35.7 Å². The smallest absolute Gasteiger partial charge is 0.249 e. The number of nitrogens with zero attached hydrogens (tertiary/aromatic N) is 2. The van der Waals surface area contributed by atoms with Gasteiger partial charge in [0.1, 0.15) is 11.6 Å². The lowest BCUT2D eigenvalue weighted by Gasteiger charge is -2.22. The van der Waals surface area contributed by atoms with Crippen LogP contribution in [-0.4, -0.2) is 29.5 Å². The lowest BCUT2D eigenvalue weighted by molar-refractivity contribution is -0.136. The number of aromatic nitrogens is 1. The Hall–Kier alpha value is -2.50. The molecule has 0 aliphatic rings. The van der Waals surface area contributed by atoms with Crippen LogP contribution in [0.3, 0.4) is 0 Å². The molecule has 0 spiro atoms. The molecule has 25 heavy (non-hydrogen) atoms. The summed E-state index contributed by atoms with van der Waals surface area (Å²) in [4.78, 5) is 18.5. The van der Waals surface area contributed by atoms with Crippen molar-refractivity contribution in [2.75, 3.05) is 13.7 Å². The van der Waals surface area contributed by atoms with Crippen LogP contribution in [0.15, 0.2) is 66.2 Å². The fraction of sp³-hybridized carbons (Fsp3) is 0.200. The molecule has 4 nitrogen and oxygen atoms in total. The van der Waals surface area contributed by atoms with Crippen molar-refractivity contribution in [2.45, 2.75) is 13.1 Å². The van der Waals surface area contributed by atoms with Gasteiger partial charge >= 0.3 is 0 Å². The minimum atomic E-state index is -0.0391. The second-order valence-electron chi connectivity index (χ2n) is 5.68. The summed E-state index contributed by atoms with van der Waals surface area (Å²) in [5.74, 6) is -0.0391. The third-order valence-corrected chi connectivity index (χ3v) is 4.60. The zero-order valence-electron chi connectivity index (χ0n) is 14.1. The van der Waals surface area contributed by atoms with Gasteiger partial charge in [0.15, 0.2) is 0 Å². The highest BCUT2D eigenvalue weighted by Gasteiger charge is 2.16. The van der Waals surface area contributed by atoms with Gasteiger partial charge in [-0.25, -0.2) is 4.98 Å². The maximum absolute atomic E-state index is 12.4. The normalized spacial score (nSPS) is 10.6. The van der Waals surface area contributed by atoms with Crippen molar-refractivity contribution in [3.05, 3.63) is 76.7 Å². The summed E-state index contributed by atoms with van der Waals surface area (Å²) in [5, 5.41) is 2.84. The van der Waals surface area contributed by atoms with E-state index in [2.05, 4.69) is 29.2 Å². The van der Waals surface area contributed by atoms with Gasteiger partial charge in [-0.2, -0.15) is 0 Å². The van der Waals surface area contributed by atoms with E-state index in [9.17, 15) is 4.79 Å². The predicted molar refractivity (Wildman–Crippen MR) is 100 cm³/mol. The molecule has 0 unspecified atom stereocenters. The second kappa shape index (κ2) is 8.55. The van der Waals surface area contributed by atoms with Crippen molar-refractivity contribution in [2.24, 2.45) is 0 Å². The average Bonchev–Trinajstić information content (AvgIpc) is 3.15. The molecule has 0 saturated carbocycles. The van der Waals surface area contributed by atoms with Gasteiger partial charge < -0.3 is 9.64 Å². The molecular formula is C20H20N2O2S. The average molecular weight is 352 g/mol. The molecule has 2 aromatic carbocycles. The Kier molecular flexibility index (Phi) is 5.93. The fourth-order valence-corrected chi connectivity index (χ4v) is 3.27. The van der Waals surface area contributed by atoms with Gasteiger partial charge in [-0.15, -0.1) is 11.3 Å². The fourth-order valence-electron chi connectivity index (χ4n) is 2.64. The molecule has 0 aliphatic heterocycles. The number of thiazole rings is 1. The van der Waals surface area contributed by atoms with E-state index in [0.29, 0.717) is 13.1 Å². The third-order valence-electron chi connectivity index (χ3n) is 3.84. The van der Waals surface area contributed by atoms with E-state index in [0.717, 1.165) is 16.1 Å². The standard InChI is InChI=1S/C20H20N2O2S/c1-24-15-20(23)22(14-19-21-10-11-25-19)13-16-6-5-9-18(12-16)17-7-3-2-4-8-17/h2-12H,13-15H2,1H3. The van der Waals surface area contributed by atoms with Gasteiger partial charge in [0.25, 0.3) is 0 Å². The molecule has 1 amide bonds. The van der Waals surface area contributed by atoms with Crippen molar-refractivity contribution in [3.63, 3.8) is 0 Å². The first-order chi connectivity index (χ1) is 12.3. The summed E-state index contributed by atoms with van der Waals surface area (Å²) < 4.78 is 5.03. The summed E-state index contributed by atoms with van der Waals surface area (Å²) in [6.45, 7) is 1.10. The minimum Gasteiger partial charge on any atom is -0.375 e. The van der Waals surface area contributed by atoms with Crippen molar-refractivity contribution in [1.82, 2.24) is 9.88 Å². The lowest BCUT2D eigenvalue weighted by atomic mass is 10.0. The Morgan fingerprint density at radius 3 is 2.60 bits per heavy atom. The predicted octanol–water partition coefficient (Wildman–Crippen LogP) is 3.99. The van der Waals surface area contributed by atoms with Crippen LogP contribution in [0.4, 0.5) is 0 Å². The quantitative estimate of drug-likeness (QED) is 0.646. The van der Waals surface area contributed by atoms with Crippen LogP contribution in [0.5, 0.6) is 0 Å². The van der Waals surface area contributed by atoms with Crippen molar-refractivity contribution < 1.29 is 9.53 Å². The topological polar surface area (TPSA) is 42.4 Å². The van der Waals surface area contributed by atoms with Gasteiger partial charge in [-0.05, 0) is 22.8 Å². The number of amides is 1.